The van der Waals surface area contributed by atoms with Gasteiger partial charge in [-0.1, -0.05) is 7.43 Å². The highest BCUT2D eigenvalue weighted by Crippen LogP contribution is 2.08. The quantitative estimate of drug-likeness (QED) is 0.417. The van der Waals surface area contributed by atoms with Crippen LogP contribution in [0.25, 0.3) is 0 Å². The van der Waals surface area contributed by atoms with Gasteiger partial charge in [-0.3, -0.25) is 4.79 Å². The lowest BCUT2D eigenvalue weighted by Crippen LogP contribution is -1.44. The molecular weight excluding hydrogens is 64.0 g/mol. The molecule has 0 bridgehead atoms. The topological polar surface area (TPSA) is 17.1 Å². The van der Waals surface area contributed by atoms with E-state index in [0.717, 1.165) is 12.8 Å². The van der Waals surface area contributed by atoms with E-state index in [1.54, 1.807) is 0 Å². The van der Waals surface area contributed by atoms with Crippen molar-refractivity contribution in [3.05, 3.63) is 0 Å². The second-order valence-electron chi connectivity index (χ2n) is 1.04. The number of hydrogen-bond donors (Lipinski definition) is 0. The van der Waals surface area contributed by atoms with Gasteiger partial charge in [-0.15, -0.1) is 0 Å². The Morgan fingerprint density at radius 2 is 1.60 bits per heavy atom. The van der Waals surface area contributed by atoms with Crippen molar-refractivity contribution in [3.8, 4) is 0 Å². The highest BCUT2D eigenvalue weighted by Gasteiger charge is 2.13. The first kappa shape index (κ1) is 4.67. The number of carbonyl (C=O) groups excluding carboxylic acids is 1. The van der Waals surface area contributed by atoms with E-state index in [4.69, 9.17) is 0 Å². The highest BCUT2D eigenvalue weighted by atomic mass is 16.1. The number of Topliss-reactive ketones (excluding diaryl/α,β-unsaturated/α-hetero) is 1. The summed E-state index contributed by atoms with van der Waals surface area (Å²) < 4.78 is 0. The summed E-state index contributed by atoms with van der Waals surface area (Å²) in [6, 6.07) is 0. The minimum Gasteiger partial charge on any atom is -0.300 e. The summed E-state index contributed by atoms with van der Waals surface area (Å²) in [5.74, 6) is 0.417. The Bertz CT molecular complexity index is 41.6. The summed E-state index contributed by atoms with van der Waals surface area (Å²) in [6.45, 7) is 0. The minimum absolute atomic E-state index is 0. The second kappa shape index (κ2) is 1.20. The number of carbonyl (C=O) groups is 1. The van der Waals surface area contributed by atoms with E-state index in [1.807, 2.05) is 0 Å². The van der Waals surface area contributed by atoms with Crippen LogP contribution in [-0.4, -0.2) is 5.78 Å². The third-order valence-electron chi connectivity index (χ3n) is 0.454. The molecule has 0 unspecified atom stereocenters. The molecule has 1 aliphatic rings. The molecule has 0 atom stereocenters. The Kier molecular flexibility index (Phi) is 1.12. The molecule has 0 saturated heterocycles. The van der Waals surface area contributed by atoms with Gasteiger partial charge in [0.1, 0.15) is 5.78 Å². The molecule has 1 aliphatic carbocycles. The van der Waals surface area contributed by atoms with E-state index >= 15 is 0 Å². The van der Waals surface area contributed by atoms with Gasteiger partial charge in [0.2, 0.25) is 0 Å². The number of rotatable bonds is 0. The van der Waals surface area contributed by atoms with Crippen molar-refractivity contribution in [2.45, 2.75) is 20.3 Å². The van der Waals surface area contributed by atoms with Crippen LogP contribution >= 0.6 is 0 Å². The van der Waals surface area contributed by atoms with Crippen LogP contribution in [0.4, 0.5) is 0 Å². The van der Waals surface area contributed by atoms with E-state index in [0.29, 0.717) is 5.78 Å². The van der Waals surface area contributed by atoms with Crippen LogP contribution in [-0.2, 0) is 4.79 Å². The van der Waals surface area contributed by atoms with Crippen LogP contribution < -0.4 is 0 Å². The molecule has 0 aliphatic heterocycles. The normalized spacial score (nSPS) is 17.2. The molecule has 1 saturated carbocycles. The zero-order valence-electron chi connectivity index (χ0n) is 2.32. The molecule has 0 heterocycles. The van der Waals surface area contributed by atoms with E-state index in [1.165, 1.54) is 0 Å². The fourth-order valence-electron chi connectivity index (χ4n) is 0.0510. The van der Waals surface area contributed by atoms with Crippen molar-refractivity contribution in [2.75, 3.05) is 0 Å². The molecule has 0 N–H and O–H groups in total. The largest absolute Gasteiger partial charge is 0.300 e. The molecule has 1 rings (SSSR count). The van der Waals surface area contributed by atoms with Gasteiger partial charge in [0.15, 0.2) is 0 Å². The summed E-state index contributed by atoms with van der Waals surface area (Å²) in [5.41, 5.74) is 0. The first-order valence-electron chi connectivity index (χ1n) is 1.41. The fraction of sp³-hybridized carbons (Fsp3) is 0.750. The van der Waals surface area contributed by atoms with Crippen molar-refractivity contribution in [1.82, 2.24) is 0 Å². The van der Waals surface area contributed by atoms with Crippen LogP contribution in [0.3, 0.4) is 0 Å². The molecule has 0 spiro atoms. The molecule has 30 valence electrons. The maximum atomic E-state index is 9.56. The lowest BCUT2D eigenvalue weighted by molar-refractivity contribution is -0.109. The third-order valence-corrected chi connectivity index (χ3v) is 0.454. The Labute approximate surface area is 32.0 Å². The van der Waals surface area contributed by atoms with Gasteiger partial charge < -0.3 is 0 Å². The molecule has 1 heteroatoms. The third kappa shape index (κ3) is 1.44. The first-order valence-corrected chi connectivity index (χ1v) is 1.41. The van der Waals surface area contributed by atoms with Crippen molar-refractivity contribution < 1.29 is 4.79 Å². The Morgan fingerprint density at radius 3 is 1.60 bits per heavy atom. The molecular formula is C4H8O. The molecule has 1 fully saturated rings. The van der Waals surface area contributed by atoms with Crippen LogP contribution in [0.1, 0.15) is 20.3 Å². The molecule has 1 nitrogen and oxygen atoms in total. The Hall–Kier alpha value is -0.330. The molecule has 0 aromatic rings. The van der Waals surface area contributed by atoms with Crippen molar-refractivity contribution in [1.29, 1.82) is 0 Å². The van der Waals surface area contributed by atoms with Crippen LogP contribution in [0, 0.1) is 0 Å². The lowest BCUT2D eigenvalue weighted by Gasteiger charge is -1.26. The average Bonchev–Trinajstić information content (AvgIpc) is 1.75. The summed E-state index contributed by atoms with van der Waals surface area (Å²) in [5, 5.41) is 0. The van der Waals surface area contributed by atoms with E-state index in [-0.39, 0.29) is 7.43 Å². The number of hydrogen-bond acceptors (Lipinski definition) is 1. The predicted octanol–water partition coefficient (Wildman–Crippen LogP) is 0.985. The predicted molar refractivity (Wildman–Crippen MR) is 21.0 cm³/mol. The smallest absolute Gasteiger partial charge is 0.133 e. The minimum atomic E-state index is 0. The SMILES string of the molecule is C.O=C1CC1. The lowest BCUT2D eigenvalue weighted by atomic mass is 10.9. The molecule has 0 radical (unpaired) electrons. The van der Waals surface area contributed by atoms with Crippen LogP contribution in [0.2, 0.25) is 0 Å². The van der Waals surface area contributed by atoms with Gasteiger partial charge in [-0.05, 0) is 0 Å². The van der Waals surface area contributed by atoms with E-state index in [2.05, 4.69) is 0 Å². The van der Waals surface area contributed by atoms with Gasteiger partial charge in [0, 0.05) is 12.8 Å². The standard InChI is InChI=1S/C3H4O.CH4/c4-3-1-2-3;/h1-2H2;1H4. The van der Waals surface area contributed by atoms with Gasteiger partial charge >= 0.3 is 0 Å². The summed E-state index contributed by atoms with van der Waals surface area (Å²) in [6.07, 6.45) is 1.69. The van der Waals surface area contributed by atoms with E-state index in [9.17, 15) is 4.79 Å². The monoisotopic (exact) mass is 72.1 g/mol. The second-order valence-corrected chi connectivity index (χ2v) is 1.04. The fourth-order valence-corrected chi connectivity index (χ4v) is 0.0510. The van der Waals surface area contributed by atoms with Gasteiger partial charge in [0.05, 0.1) is 0 Å². The van der Waals surface area contributed by atoms with Gasteiger partial charge in [-0.25, -0.2) is 0 Å². The van der Waals surface area contributed by atoms with Gasteiger partial charge in [-0.2, -0.15) is 0 Å². The Balaban J connectivity index is 0.000000160. The zero-order valence-corrected chi connectivity index (χ0v) is 2.32. The highest BCUT2D eigenvalue weighted by molar-refractivity contribution is 5.92. The van der Waals surface area contributed by atoms with Crippen LogP contribution in [0.15, 0.2) is 0 Å². The van der Waals surface area contributed by atoms with Crippen molar-refractivity contribution in [3.63, 3.8) is 0 Å². The summed E-state index contributed by atoms with van der Waals surface area (Å²) in [7, 11) is 0. The number of ketones is 1. The molecule has 5 heavy (non-hydrogen) atoms. The molecule has 0 aromatic carbocycles. The Morgan fingerprint density at radius 1 is 1.40 bits per heavy atom. The van der Waals surface area contributed by atoms with Crippen molar-refractivity contribution >= 4 is 5.78 Å². The maximum Gasteiger partial charge on any atom is 0.133 e. The van der Waals surface area contributed by atoms with E-state index < -0.39 is 0 Å². The zero-order chi connectivity index (χ0) is 2.99. The maximum absolute atomic E-state index is 9.56. The summed E-state index contributed by atoms with van der Waals surface area (Å²) in [4.78, 5) is 9.56. The van der Waals surface area contributed by atoms with Crippen LogP contribution in [0.5, 0.6) is 0 Å². The van der Waals surface area contributed by atoms with Gasteiger partial charge in [0.25, 0.3) is 0 Å². The first-order chi connectivity index (χ1) is 1.89. The molecule has 0 amide bonds. The average molecular weight is 72.1 g/mol. The van der Waals surface area contributed by atoms with Crippen molar-refractivity contribution in [2.24, 2.45) is 0 Å². The summed E-state index contributed by atoms with van der Waals surface area (Å²) >= 11 is 0. The molecule has 0 aromatic heterocycles.